The summed E-state index contributed by atoms with van der Waals surface area (Å²) in [4.78, 5) is 26.4. The molecule has 5 nitrogen and oxygen atoms in total. The first-order valence-electron chi connectivity index (χ1n) is 8.73. The molecule has 0 aromatic carbocycles. The first-order valence-corrected chi connectivity index (χ1v) is 8.73. The summed E-state index contributed by atoms with van der Waals surface area (Å²) in [5.41, 5.74) is 0.0575. The van der Waals surface area contributed by atoms with Crippen LogP contribution in [0, 0.1) is 0 Å². The number of amides is 1. The van der Waals surface area contributed by atoms with E-state index in [-0.39, 0.29) is 42.0 Å². The van der Waals surface area contributed by atoms with Crippen molar-refractivity contribution in [2.75, 3.05) is 26.2 Å². The molecular formula is C18H27F2N3O2. The van der Waals surface area contributed by atoms with Gasteiger partial charge >= 0.3 is 0 Å². The second-order valence-corrected chi connectivity index (χ2v) is 6.78. The molecule has 2 atom stereocenters. The van der Waals surface area contributed by atoms with Crippen molar-refractivity contribution >= 4 is 11.7 Å². The van der Waals surface area contributed by atoms with Gasteiger partial charge in [-0.15, -0.1) is 0 Å². The summed E-state index contributed by atoms with van der Waals surface area (Å²) in [7, 11) is 0. The minimum absolute atomic E-state index is 0.0159. The van der Waals surface area contributed by atoms with Crippen molar-refractivity contribution in [2.45, 2.75) is 51.6 Å². The Kier molecular flexibility index (Phi) is 6.46. The van der Waals surface area contributed by atoms with E-state index in [2.05, 4.69) is 10.6 Å². The number of rotatable bonds is 7. The Hall–Kier alpha value is -1.60. The molecule has 0 spiro atoms. The van der Waals surface area contributed by atoms with Crippen molar-refractivity contribution in [3.63, 3.8) is 0 Å². The van der Waals surface area contributed by atoms with Gasteiger partial charge in [0.25, 0.3) is 5.92 Å². The summed E-state index contributed by atoms with van der Waals surface area (Å²) in [6.07, 6.45) is 4.65. The number of carbonyl (C=O) groups is 2. The fraction of sp³-hybridized carbons (Fsp3) is 0.667. The molecule has 2 heterocycles. The third-order valence-electron chi connectivity index (χ3n) is 4.97. The maximum atomic E-state index is 13.2. The molecule has 1 amide bonds. The van der Waals surface area contributed by atoms with E-state index >= 15 is 0 Å². The summed E-state index contributed by atoms with van der Waals surface area (Å²) in [6, 6.07) is 0.650. The monoisotopic (exact) mass is 355 g/mol. The quantitative estimate of drug-likeness (QED) is 0.539. The zero-order chi connectivity index (χ0) is 18.6. The first-order chi connectivity index (χ1) is 11.7. The Labute approximate surface area is 147 Å². The minimum Gasteiger partial charge on any atom is -0.337 e. The average Bonchev–Trinajstić information content (AvgIpc) is 3.13. The van der Waals surface area contributed by atoms with E-state index in [1.165, 1.54) is 19.1 Å². The highest BCUT2D eigenvalue weighted by Crippen LogP contribution is 2.25. The maximum absolute atomic E-state index is 13.2. The molecule has 2 fully saturated rings. The summed E-state index contributed by atoms with van der Waals surface area (Å²) < 4.78 is 26.5. The molecule has 0 aromatic heterocycles. The number of ketones is 1. The molecule has 0 saturated carbocycles. The van der Waals surface area contributed by atoms with Gasteiger partial charge in [-0.05, 0) is 44.9 Å². The molecule has 25 heavy (non-hydrogen) atoms. The fourth-order valence-corrected chi connectivity index (χ4v) is 3.35. The number of alkyl halides is 2. The number of allylic oxidation sites excluding steroid dienone is 3. The van der Waals surface area contributed by atoms with Gasteiger partial charge in [0, 0.05) is 31.1 Å². The Balaban J connectivity index is 1.82. The van der Waals surface area contributed by atoms with Crippen molar-refractivity contribution in [2.24, 2.45) is 0 Å². The average molecular weight is 355 g/mol. The largest absolute Gasteiger partial charge is 0.337 e. The smallest absolute Gasteiger partial charge is 0.266 e. The number of carbonyl (C=O) groups excluding carboxylic acids is 2. The van der Waals surface area contributed by atoms with Crippen molar-refractivity contribution in [1.29, 1.82) is 0 Å². The van der Waals surface area contributed by atoms with Gasteiger partial charge in [0.05, 0.1) is 13.1 Å². The lowest BCUT2D eigenvalue weighted by Gasteiger charge is -2.23. The number of fused-ring (bicyclic) bond motifs is 1. The van der Waals surface area contributed by atoms with Gasteiger partial charge < -0.3 is 15.5 Å². The number of nitrogens with zero attached hydrogens (tertiary/aromatic N) is 1. The minimum atomic E-state index is -2.96. The molecule has 2 aliphatic rings. The number of likely N-dealkylation sites (tertiary alicyclic amines) is 1. The van der Waals surface area contributed by atoms with E-state index in [9.17, 15) is 18.4 Å². The van der Waals surface area contributed by atoms with Crippen LogP contribution in [0.25, 0.3) is 0 Å². The molecule has 0 bridgehead atoms. The predicted octanol–water partition coefficient (Wildman–Crippen LogP) is 1.66. The normalized spacial score (nSPS) is 24.6. The SMILES string of the molecule is C/C=C(\C=C(/C)C(C)(F)F)C(=O)CNCC(=O)N1CCC2NCCC21. The molecule has 2 unspecified atom stereocenters. The number of Topliss-reactive ketones (excluding diaryl/α,β-unsaturated/α-hetero) is 1. The maximum Gasteiger partial charge on any atom is 0.266 e. The Morgan fingerprint density at radius 1 is 1.32 bits per heavy atom. The topological polar surface area (TPSA) is 61.4 Å². The van der Waals surface area contributed by atoms with Crippen LogP contribution >= 0.6 is 0 Å². The lowest BCUT2D eigenvalue weighted by atomic mass is 10.0. The lowest BCUT2D eigenvalue weighted by Crippen LogP contribution is -2.43. The number of hydrogen-bond acceptors (Lipinski definition) is 4. The van der Waals surface area contributed by atoms with Crippen LogP contribution < -0.4 is 10.6 Å². The summed E-state index contributed by atoms with van der Waals surface area (Å²) >= 11 is 0. The zero-order valence-electron chi connectivity index (χ0n) is 15.1. The second-order valence-electron chi connectivity index (χ2n) is 6.78. The Morgan fingerprint density at radius 2 is 2.04 bits per heavy atom. The molecule has 140 valence electrons. The molecular weight excluding hydrogens is 328 g/mol. The van der Waals surface area contributed by atoms with Crippen LogP contribution in [0.1, 0.15) is 33.6 Å². The number of nitrogens with one attached hydrogen (secondary N) is 2. The van der Waals surface area contributed by atoms with Gasteiger partial charge in [0.2, 0.25) is 5.91 Å². The molecule has 2 N–H and O–H groups in total. The lowest BCUT2D eigenvalue weighted by molar-refractivity contribution is -0.131. The molecule has 0 aromatic rings. The van der Waals surface area contributed by atoms with E-state index in [4.69, 9.17) is 0 Å². The van der Waals surface area contributed by atoms with Gasteiger partial charge in [-0.25, -0.2) is 8.78 Å². The second kappa shape index (κ2) is 8.19. The van der Waals surface area contributed by atoms with Gasteiger partial charge in [-0.1, -0.05) is 6.08 Å². The highest BCUT2D eigenvalue weighted by atomic mass is 19.3. The number of halogens is 2. The number of hydrogen-bond donors (Lipinski definition) is 2. The van der Waals surface area contributed by atoms with Gasteiger partial charge in [0.15, 0.2) is 5.78 Å². The van der Waals surface area contributed by atoms with Crippen molar-refractivity contribution in [3.05, 3.63) is 23.3 Å². The van der Waals surface area contributed by atoms with Gasteiger partial charge in [-0.2, -0.15) is 0 Å². The van der Waals surface area contributed by atoms with E-state index in [1.54, 1.807) is 6.92 Å². The van der Waals surface area contributed by atoms with Crippen LogP contribution in [-0.4, -0.2) is 60.8 Å². The Bertz CT molecular complexity index is 581. The van der Waals surface area contributed by atoms with Crippen LogP contribution in [-0.2, 0) is 9.59 Å². The zero-order valence-corrected chi connectivity index (χ0v) is 15.1. The third kappa shape index (κ3) is 4.95. The Morgan fingerprint density at radius 3 is 2.68 bits per heavy atom. The van der Waals surface area contributed by atoms with E-state index in [0.717, 1.165) is 32.9 Å². The molecule has 2 rings (SSSR count). The molecule has 2 saturated heterocycles. The van der Waals surface area contributed by atoms with E-state index in [0.29, 0.717) is 6.04 Å². The third-order valence-corrected chi connectivity index (χ3v) is 4.97. The fourth-order valence-electron chi connectivity index (χ4n) is 3.35. The van der Waals surface area contributed by atoms with E-state index < -0.39 is 5.92 Å². The molecule has 0 radical (unpaired) electrons. The van der Waals surface area contributed by atoms with Crippen LogP contribution in [0.2, 0.25) is 0 Å². The predicted molar refractivity (Wildman–Crippen MR) is 92.5 cm³/mol. The van der Waals surface area contributed by atoms with Crippen molar-refractivity contribution in [3.8, 4) is 0 Å². The van der Waals surface area contributed by atoms with Crippen LogP contribution in [0.5, 0.6) is 0 Å². The van der Waals surface area contributed by atoms with Gasteiger partial charge in [0.1, 0.15) is 0 Å². The van der Waals surface area contributed by atoms with E-state index in [1.807, 2.05) is 4.90 Å². The summed E-state index contributed by atoms with van der Waals surface area (Å²) in [5, 5.41) is 6.24. The van der Waals surface area contributed by atoms with Gasteiger partial charge in [-0.3, -0.25) is 9.59 Å². The van der Waals surface area contributed by atoms with Crippen molar-refractivity contribution < 1.29 is 18.4 Å². The van der Waals surface area contributed by atoms with Crippen molar-refractivity contribution in [1.82, 2.24) is 15.5 Å². The molecule has 0 aliphatic carbocycles. The molecule has 7 heteroatoms. The summed E-state index contributed by atoms with van der Waals surface area (Å²) in [6.45, 7) is 5.44. The van der Waals surface area contributed by atoms with Crippen LogP contribution in [0.15, 0.2) is 23.3 Å². The highest BCUT2D eigenvalue weighted by molar-refractivity contribution is 5.99. The standard InChI is InChI=1S/C18H27F2N3O2/c1-4-13(9-12(2)18(3,19)20)16(24)10-21-11-17(25)23-8-6-14-15(23)5-7-22-14/h4,9,14-15,21-22H,5-8,10-11H2,1-3H3/b12-9+,13-4+. The van der Waals surface area contributed by atoms with Crippen LogP contribution in [0.4, 0.5) is 8.78 Å². The van der Waals surface area contributed by atoms with Crippen LogP contribution in [0.3, 0.4) is 0 Å². The summed E-state index contributed by atoms with van der Waals surface area (Å²) in [5.74, 6) is -3.28. The highest BCUT2D eigenvalue weighted by Gasteiger charge is 2.39. The molecule has 2 aliphatic heterocycles. The first kappa shape index (κ1) is 19.7.